The minimum Gasteiger partial charge on any atom is -0.377 e. The maximum absolute atomic E-state index is 13.8. The molecule has 4 nitrogen and oxygen atoms in total. The molecule has 0 saturated carbocycles. The van der Waals surface area contributed by atoms with Crippen LogP contribution in [0.1, 0.15) is 18.5 Å². The highest BCUT2D eigenvalue weighted by molar-refractivity contribution is 9.10. The van der Waals surface area contributed by atoms with E-state index in [0.717, 1.165) is 4.47 Å². The summed E-state index contributed by atoms with van der Waals surface area (Å²) in [7, 11) is 0. The number of nitrogens with zero attached hydrogens (tertiary/aromatic N) is 1. The average molecular weight is 374 g/mol. The van der Waals surface area contributed by atoms with Crippen LogP contribution in [0.3, 0.4) is 0 Å². The summed E-state index contributed by atoms with van der Waals surface area (Å²) in [5.74, 6) is -0.337. The van der Waals surface area contributed by atoms with Gasteiger partial charge in [-0.1, -0.05) is 27.5 Å². The van der Waals surface area contributed by atoms with E-state index in [1.807, 2.05) is 0 Å². The highest BCUT2D eigenvalue weighted by Crippen LogP contribution is 2.31. The van der Waals surface area contributed by atoms with Crippen molar-refractivity contribution >= 4 is 38.9 Å². The number of benzene rings is 2. The molecule has 2 rings (SSSR count). The SMILES string of the molecule is CC(Nc1ccc([N+](=O)[O-])cc1Cl)c1cc(Br)ccc1F. The first-order chi connectivity index (χ1) is 9.88. The molecule has 2 aromatic carbocycles. The van der Waals surface area contributed by atoms with Crippen molar-refractivity contribution in [2.45, 2.75) is 13.0 Å². The summed E-state index contributed by atoms with van der Waals surface area (Å²) < 4.78 is 14.6. The number of hydrogen-bond donors (Lipinski definition) is 1. The van der Waals surface area contributed by atoms with Crippen LogP contribution in [0, 0.1) is 15.9 Å². The fourth-order valence-electron chi connectivity index (χ4n) is 1.89. The highest BCUT2D eigenvalue weighted by atomic mass is 79.9. The Bertz CT molecular complexity index is 697. The minimum absolute atomic E-state index is 0.0909. The largest absolute Gasteiger partial charge is 0.377 e. The Morgan fingerprint density at radius 3 is 2.67 bits per heavy atom. The van der Waals surface area contributed by atoms with Gasteiger partial charge in [-0.25, -0.2) is 4.39 Å². The lowest BCUT2D eigenvalue weighted by molar-refractivity contribution is -0.384. The van der Waals surface area contributed by atoms with Crippen LogP contribution in [0.15, 0.2) is 40.9 Å². The molecule has 110 valence electrons. The van der Waals surface area contributed by atoms with Crippen molar-refractivity contribution in [3.63, 3.8) is 0 Å². The summed E-state index contributed by atoms with van der Waals surface area (Å²) in [5.41, 5.74) is 0.889. The van der Waals surface area contributed by atoms with Crippen LogP contribution in [-0.4, -0.2) is 4.92 Å². The summed E-state index contributed by atoms with van der Waals surface area (Å²) in [6.45, 7) is 1.78. The van der Waals surface area contributed by atoms with E-state index in [-0.39, 0.29) is 22.6 Å². The smallest absolute Gasteiger partial charge is 0.271 e. The monoisotopic (exact) mass is 372 g/mol. The molecule has 1 unspecified atom stereocenters. The maximum atomic E-state index is 13.8. The van der Waals surface area contributed by atoms with E-state index in [0.29, 0.717) is 11.3 Å². The summed E-state index contributed by atoms with van der Waals surface area (Å²) >= 11 is 9.30. The molecular weight excluding hydrogens is 363 g/mol. The zero-order valence-corrected chi connectivity index (χ0v) is 13.3. The first-order valence-corrected chi connectivity index (χ1v) is 7.21. The van der Waals surface area contributed by atoms with Gasteiger partial charge in [0.05, 0.1) is 21.7 Å². The highest BCUT2D eigenvalue weighted by Gasteiger charge is 2.14. The third kappa shape index (κ3) is 3.71. The zero-order chi connectivity index (χ0) is 15.6. The molecule has 0 aliphatic heterocycles. The molecule has 0 bridgehead atoms. The van der Waals surface area contributed by atoms with E-state index in [1.165, 1.54) is 24.3 Å². The molecule has 0 saturated heterocycles. The summed E-state index contributed by atoms with van der Waals surface area (Å²) in [6, 6.07) is 8.42. The number of non-ortho nitro benzene ring substituents is 1. The van der Waals surface area contributed by atoms with Crippen LogP contribution in [0.25, 0.3) is 0 Å². The van der Waals surface area contributed by atoms with Crippen molar-refractivity contribution in [2.24, 2.45) is 0 Å². The van der Waals surface area contributed by atoms with Gasteiger partial charge in [-0.2, -0.15) is 0 Å². The topological polar surface area (TPSA) is 55.2 Å². The first-order valence-electron chi connectivity index (χ1n) is 6.04. The average Bonchev–Trinajstić information content (AvgIpc) is 2.43. The molecule has 0 spiro atoms. The Kier molecular flexibility index (Phi) is 4.80. The van der Waals surface area contributed by atoms with Crippen LogP contribution < -0.4 is 5.32 Å². The van der Waals surface area contributed by atoms with Crippen LogP contribution >= 0.6 is 27.5 Å². The van der Waals surface area contributed by atoms with Gasteiger partial charge in [0.1, 0.15) is 5.82 Å². The molecule has 2 aromatic rings. The standard InChI is InChI=1S/C14H11BrClFN2O2/c1-8(11-6-9(15)2-4-13(11)17)18-14-5-3-10(19(20)21)7-12(14)16/h2-8,18H,1H3. The summed E-state index contributed by atoms with van der Waals surface area (Å²) in [6.07, 6.45) is 0. The van der Waals surface area contributed by atoms with Crippen molar-refractivity contribution in [2.75, 3.05) is 5.32 Å². The van der Waals surface area contributed by atoms with Crippen LogP contribution in [-0.2, 0) is 0 Å². The van der Waals surface area contributed by atoms with E-state index >= 15 is 0 Å². The van der Waals surface area contributed by atoms with Crippen molar-refractivity contribution in [1.29, 1.82) is 0 Å². The van der Waals surface area contributed by atoms with Gasteiger partial charge in [-0.05, 0) is 31.2 Å². The normalized spacial score (nSPS) is 12.0. The second-order valence-electron chi connectivity index (χ2n) is 4.45. The Hall–Kier alpha value is -1.66. The van der Waals surface area contributed by atoms with Crippen LogP contribution in [0.2, 0.25) is 5.02 Å². The number of hydrogen-bond acceptors (Lipinski definition) is 3. The second kappa shape index (κ2) is 6.41. The molecule has 0 aliphatic carbocycles. The minimum atomic E-state index is -0.521. The molecule has 21 heavy (non-hydrogen) atoms. The van der Waals surface area contributed by atoms with Gasteiger partial charge in [0, 0.05) is 22.2 Å². The molecule has 0 amide bonds. The number of nitrogens with one attached hydrogen (secondary N) is 1. The Morgan fingerprint density at radius 2 is 2.05 bits per heavy atom. The van der Waals surface area contributed by atoms with Crippen molar-refractivity contribution in [1.82, 2.24) is 0 Å². The molecule has 0 fully saturated rings. The number of nitro groups is 1. The molecule has 1 atom stereocenters. The molecule has 0 aromatic heterocycles. The summed E-state index contributed by atoms with van der Waals surface area (Å²) in [5, 5.41) is 13.9. The molecule has 0 heterocycles. The quantitative estimate of drug-likeness (QED) is 0.582. The van der Waals surface area contributed by atoms with Crippen LogP contribution in [0.4, 0.5) is 15.8 Å². The molecule has 1 N–H and O–H groups in total. The molecule has 7 heteroatoms. The Labute approximate surface area is 134 Å². The fraction of sp³-hybridized carbons (Fsp3) is 0.143. The van der Waals surface area contributed by atoms with Gasteiger partial charge >= 0.3 is 0 Å². The van der Waals surface area contributed by atoms with Gasteiger partial charge in [0.25, 0.3) is 5.69 Å². The van der Waals surface area contributed by atoms with E-state index < -0.39 is 4.92 Å². The van der Waals surface area contributed by atoms with Crippen molar-refractivity contribution in [3.8, 4) is 0 Å². The molecular formula is C14H11BrClFN2O2. The zero-order valence-electron chi connectivity index (χ0n) is 10.9. The number of nitro benzene ring substituents is 1. The second-order valence-corrected chi connectivity index (χ2v) is 5.78. The molecule has 0 radical (unpaired) electrons. The predicted octanol–water partition coefficient (Wildman–Crippen LogP) is 5.32. The Morgan fingerprint density at radius 1 is 1.33 bits per heavy atom. The van der Waals surface area contributed by atoms with Crippen molar-refractivity contribution < 1.29 is 9.31 Å². The number of anilines is 1. The third-order valence-electron chi connectivity index (χ3n) is 2.96. The van der Waals surface area contributed by atoms with Crippen LogP contribution in [0.5, 0.6) is 0 Å². The fourth-order valence-corrected chi connectivity index (χ4v) is 2.50. The number of halogens is 3. The Balaban J connectivity index is 2.25. The summed E-state index contributed by atoms with van der Waals surface area (Å²) in [4.78, 5) is 10.1. The maximum Gasteiger partial charge on any atom is 0.271 e. The van der Waals surface area contributed by atoms with Gasteiger partial charge in [-0.3, -0.25) is 10.1 Å². The molecule has 0 aliphatic rings. The predicted molar refractivity (Wildman–Crippen MR) is 84.2 cm³/mol. The van der Waals surface area contributed by atoms with Crippen molar-refractivity contribution in [3.05, 3.63) is 67.4 Å². The van der Waals surface area contributed by atoms with Gasteiger partial charge in [0.15, 0.2) is 0 Å². The van der Waals surface area contributed by atoms with Gasteiger partial charge < -0.3 is 5.32 Å². The van der Waals surface area contributed by atoms with E-state index in [1.54, 1.807) is 19.1 Å². The van der Waals surface area contributed by atoms with E-state index in [4.69, 9.17) is 11.6 Å². The lowest BCUT2D eigenvalue weighted by atomic mass is 10.1. The van der Waals surface area contributed by atoms with E-state index in [9.17, 15) is 14.5 Å². The lowest BCUT2D eigenvalue weighted by Crippen LogP contribution is -2.09. The van der Waals surface area contributed by atoms with Gasteiger partial charge in [0.2, 0.25) is 0 Å². The van der Waals surface area contributed by atoms with Gasteiger partial charge in [-0.15, -0.1) is 0 Å². The number of rotatable bonds is 4. The first kappa shape index (κ1) is 15.7. The lowest BCUT2D eigenvalue weighted by Gasteiger charge is -2.17. The third-order valence-corrected chi connectivity index (χ3v) is 3.77. The van der Waals surface area contributed by atoms with E-state index in [2.05, 4.69) is 21.2 Å².